The van der Waals surface area contributed by atoms with Gasteiger partial charge in [0.05, 0.1) is 26.1 Å². The Kier molecular flexibility index (Phi) is 7.43. The van der Waals surface area contributed by atoms with E-state index in [0.29, 0.717) is 52.1 Å². The summed E-state index contributed by atoms with van der Waals surface area (Å²) in [5.74, 6) is 1.69. The molecule has 168 valence electrons. The number of hydrogen-bond acceptors (Lipinski definition) is 6. The minimum atomic E-state index is 0.0959. The number of para-hydroxylation sites is 1. The SMILES string of the molecule is CCOc1cccc2c1OCCOCCN(C(=O)Cn1ccnc1)C[C@@H]1CCCN1C2. The van der Waals surface area contributed by atoms with Gasteiger partial charge >= 0.3 is 0 Å². The lowest BCUT2D eigenvalue weighted by molar-refractivity contribution is -0.133. The Bertz CT molecular complexity index is 842. The highest BCUT2D eigenvalue weighted by Crippen LogP contribution is 2.34. The van der Waals surface area contributed by atoms with Gasteiger partial charge in [-0.2, -0.15) is 0 Å². The normalized spacial score (nSPS) is 20.5. The van der Waals surface area contributed by atoms with Crippen LogP contribution in [0.3, 0.4) is 0 Å². The highest BCUT2D eigenvalue weighted by molar-refractivity contribution is 5.76. The molecule has 2 aliphatic heterocycles. The molecule has 31 heavy (non-hydrogen) atoms. The van der Waals surface area contributed by atoms with Gasteiger partial charge in [-0.1, -0.05) is 12.1 Å². The number of hydrogen-bond donors (Lipinski definition) is 0. The quantitative estimate of drug-likeness (QED) is 0.744. The van der Waals surface area contributed by atoms with E-state index in [-0.39, 0.29) is 5.91 Å². The maximum absolute atomic E-state index is 13.0. The molecular weight excluding hydrogens is 396 g/mol. The number of amides is 1. The summed E-state index contributed by atoms with van der Waals surface area (Å²) in [5, 5.41) is 0. The van der Waals surface area contributed by atoms with E-state index < -0.39 is 0 Å². The number of benzene rings is 1. The van der Waals surface area contributed by atoms with E-state index in [2.05, 4.69) is 16.0 Å². The van der Waals surface area contributed by atoms with E-state index in [4.69, 9.17) is 14.2 Å². The van der Waals surface area contributed by atoms with Crippen LogP contribution >= 0.6 is 0 Å². The standard InChI is InChI=1S/C23H32N4O4/c1-2-30-21-7-3-5-19-15-26-9-4-6-20(26)16-27(11-12-29-13-14-31-23(19)21)22(28)17-25-10-8-24-18-25/h3,5,7-8,10,18,20H,2,4,6,9,11-17H2,1H3/t20-/m0/s1. The fourth-order valence-corrected chi connectivity index (χ4v) is 4.34. The number of rotatable bonds is 4. The maximum Gasteiger partial charge on any atom is 0.242 e. The van der Waals surface area contributed by atoms with Crippen LogP contribution in [0.5, 0.6) is 11.5 Å². The van der Waals surface area contributed by atoms with E-state index in [1.54, 1.807) is 12.5 Å². The molecule has 0 saturated carbocycles. The third-order valence-electron chi connectivity index (χ3n) is 5.87. The molecule has 1 saturated heterocycles. The molecular formula is C23H32N4O4. The molecule has 0 unspecified atom stereocenters. The van der Waals surface area contributed by atoms with Gasteiger partial charge in [0, 0.05) is 43.6 Å². The van der Waals surface area contributed by atoms with Gasteiger partial charge in [0.15, 0.2) is 11.5 Å². The van der Waals surface area contributed by atoms with Crippen LogP contribution in [0.4, 0.5) is 0 Å². The lowest BCUT2D eigenvalue weighted by Crippen LogP contribution is -2.45. The zero-order valence-electron chi connectivity index (χ0n) is 18.2. The van der Waals surface area contributed by atoms with Crippen molar-refractivity contribution in [1.29, 1.82) is 0 Å². The van der Waals surface area contributed by atoms with E-state index in [0.717, 1.165) is 43.0 Å². The summed E-state index contributed by atoms with van der Waals surface area (Å²) in [5.41, 5.74) is 1.12. The van der Waals surface area contributed by atoms with Crippen molar-refractivity contribution >= 4 is 5.91 Å². The lowest BCUT2D eigenvalue weighted by Gasteiger charge is -2.31. The summed E-state index contributed by atoms with van der Waals surface area (Å²) in [7, 11) is 0. The molecule has 4 rings (SSSR count). The van der Waals surface area contributed by atoms with Crippen molar-refractivity contribution in [3.63, 3.8) is 0 Å². The Morgan fingerprint density at radius 2 is 2.19 bits per heavy atom. The van der Waals surface area contributed by atoms with Crippen molar-refractivity contribution < 1.29 is 19.0 Å². The second-order valence-corrected chi connectivity index (χ2v) is 7.98. The first-order valence-corrected chi connectivity index (χ1v) is 11.2. The summed E-state index contributed by atoms with van der Waals surface area (Å²) in [4.78, 5) is 21.5. The van der Waals surface area contributed by atoms with Crippen molar-refractivity contribution in [3.05, 3.63) is 42.5 Å². The molecule has 1 fully saturated rings. The largest absolute Gasteiger partial charge is 0.490 e. The first kappa shape index (κ1) is 21.6. The Morgan fingerprint density at radius 1 is 1.26 bits per heavy atom. The number of fused-ring (bicyclic) bond motifs is 2. The van der Waals surface area contributed by atoms with E-state index in [9.17, 15) is 4.79 Å². The lowest BCUT2D eigenvalue weighted by atomic mass is 10.1. The number of ether oxygens (including phenoxy) is 3. The molecule has 1 amide bonds. The van der Waals surface area contributed by atoms with E-state index in [1.165, 1.54) is 0 Å². The van der Waals surface area contributed by atoms with Gasteiger partial charge in [0.2, 0.25) is 5.91 Å². The highest BCUT2D eigenvalue weighted by Gasteiger charge is 2.29. The average molecular weight is 429 g/mol. The van der Waals surface area contributed by atoms with Crippen molar-refractivity contribution in [2.24, 2.45) is 0 Å². The third kappa shape index (κ3) is 5.57. The molecule has 1 atom stereocenters. The second kappa shape index (κ2) is 10.6. The number of imidazole rings is 1. The van der Waals surface area contributed by atoms with Crippen LogP contribution in [-0.4, -0.2) is 77.4 Å². The fourth-order valence-electron chi connectivity index (χ4n) is 4.34. The van der Waals surface area contributed by atoms with Crippen LogP contribution in [-0.2, 0) is 22.6 Å². The zero-order chi connectivity index (χ0) is 21.5. The van der Waals surface area contributed by atoms with Crippen molar-refractivity contribution in [2.45, 2.75) is 38.9 Å². The molecule has 1 aromatic carbocycles. The molecule has 2 aromatic rings. The summed E-state index contributed by atoms with van der Waals surface area (Å²) in [6.45, 7) is 7.37. The average Bonchev–Trinajstić information content (AvgIpc) is 3.43. The van der Waals surface area contributed by atoms with Crippen molar-refractivity contribution in [3.8, 4) is 11.5 Å². The number of carbonyl (C=O) groups is 1. The number of carbonyl (C=O) groups excluding carboxylic acids is 1. The minimum Gasteiger partial charge on any atom is -0.490 e. The number of aromatic nitrogens is 2. The predicted molar refractivity (Wildman–Crippen MR) is 116 cm³/mol. The van der Waals surface area contributed by atoms with E-state index >= 15 is 0 Å². The van der Waals surface area contributed by atoms with Crippen LogP contribution in [0, 0.1) is 0 Å². The summed E-state index contributed by atoms with van der Waals surface area (Å²) in [6, 6.07) is 6.40. The second-order valence-electron chi connectivity index (χ2n) is 7.98. The Labute approximate surface area is 183 Å². The van der Waals surface area contributed by atoms with Gasteiger partial charge in [-0.25, -0.2) is 4.98 Å². The Hall–Kier alpha value is -2.58. The molecule has 0 spiro atoms. The molecule has 8 nitrogen and oxygen atoms in total. The number of nitrogens with zero attached hydrogens (tertiary/aromatic N) is 4. The molecule has 0 bridgehead atoms. The van der Waals surface area contributed by atoms with Crippen molar-refractivity contribution in [1.82, 2.24) is 19.4 Å². The van der Waals surface area contributed by atoms with Gasteiger partial charge in [-0.05, 0) is 32.4 Å². The summed E-state index contributed by atoms with van der Waals surface area (Å²) >= 11 is 0. The van der Waals surface area contributed by atoms with Crippen LogP contribution < -0.4 is 9.47 Å². The van der Waals surface area contributed by atoms with Crippen LogP contribution in [0.1, 0.15) is 25.3 Å². The Balaban J connectivity index is 1.53. The summed E-state index contributed by atoms with van der Waals surface area (Å²) in [6.07, 6.45) is 7.41. The fraction of sp³-hybridized carbons (Fsp3) is 0.565. The van der Waals surface area contributed by atoms with Crippen molar-refractivity contribution in [2.75, 3.05) is 46.1 Å². The zero-order valence-corrected chi connectivity index (χ0v) is 18.2. The minimum absolute atomic E-state index is 0.0959. The first-order chi connectivity index (χ1) is 15.2. The maximum atomic E-state index is 13.0. The van der Waals surface area contributed by atoms with E-state index in [1.807, 2.05) is 34.7 Å². The topological polar surface area (TPSA) is 69.1 Å². The smallest absolute Gasteiger partial charge is 0.242 e. The Morgan fingerprint density at radius 3 is 3.03 bits per heavy atom. The molecule has 0 radical (unpaired) electrons. The van der Waals surface area contributed by atoms with Crippen LogP contribution in [0.2, 0.25) is 0 Å². The monoisotopic (exact) mass is 428 g/mol. The third-order valence-corrected chi connectivity index (χ3v) is 5.87. The molecule has 3 heterocycles. The predicted octanol–water partition coefficient (Wildman–Crippen LogP) is 2.18. The highest BCUT2D eigenvalue weighted by atomic mass is 16.5. The molecule has 0 N–H and O–H groups in total. The van der Waals surface area contributed by atoms with Gasteiger partial charge < -0.3 is 23.7 Å². The van der Waals surface area contributed by atoms with Crippen LogP contribution in [0.15, 0.2) is 36.9 Å². The molecule has 8 heteroatoms. The first-order valence-electron chi connectivity index (χ1n) is 11.2. The molecule has 0 aliphatic carbocycles. The van der Waals surface area contributed by atoms with Gasteiger partial charge in [-0.3, -0.25) is 9.69 Å². The van der Waals surface area contributed by atoms with Gasteiger partial charge in [0.1, 0.15) is 13.2 Å². The van der Waals surface area contributed by atoms with Gasteiger partial charge in [-0.15, -0.1) is 0 Å². The molecule has 2 aliphatic rings. The van der Waals surface area contributed by atoms with Gasteiger partial charge in [0.25, 0.3) is 0 Å². The molecule has 1 aromatic heterocycles. The summed E-state index contributed by atoms with van der Waals surface area (Å²) < 4.78 is 19.5. The van der Waals surface area contributed by atoms with Crippen LogP contribution in [0.25, 0.3) is 0 Å².